The zero-order valence-corrected chi connectivity index (χ0v) is 18.2. The summed E-state index contributed by atoms with van der Waals surface area (Å²) in [6.07, 6.45) is 7.48. The molecule has 3 heterocycles. The number of sulfonamides is 1. The van der Waals surface area contributed by atoms with Gasteiger partial charge in [-0.1, -0.05) is 6.92 Å². The topological polar surface area (TPSA) is 101 Å². The Morgan fingerprint density at radius 2 is 2.03 bits per heavy atom. The molecule has 156 valence electrons. The standard InChI is InChI=1S/C22H25N5O2S/c1-4-15-10-18-19(11-23)21(27(17-6-5-7-17)22(18)25-12-15)16-8-9-20(24-13-16)30(28,29)26-14(2)3/h8-10,12-14,17,26H,4-7H2,1-3H3. The third kappa shape index (κ3) is 3.48. The number of aryl methyl sites for hydroxylation is 1. The van der Waals surface area contributed by atoms with E-state index in [4.69, 9.17) is 0 Å². The van der Waals surface area contributed by atoms with Crippen LogP contribution in [0.2, 0.25) is 0 Å². The Kier molecular flexibility index (Phi) is 5.35. The lowest BCUT2D eigenvalue weighted by atomic mass is 9.92. The van der Waals surface area contributed by atoms with Crippen LogP contribution in [-0.4, -0.2) is 29.0 Å². The first kappa shape index (κ1) is 20.5. The van der Waals surface area contributed by atoms with Crippen LogP contribution in [0.1, 0.15) is 57.2 Å². The Morgan fingerprint density at radius 1 is 1.27 bits per heavy atom. The van der Waals surface area contributed by atoms with E-state index in [9.17, 15) is 13.7 Å². The second kappa shape index (κ2) is 7.82. The molecule has 0 spiro atoms. The fraction of sp³-hybridized carbons (Fsp3) is 0.409. The van der Waals surface area contributed by atoms with E-state index in [1.807, 2.05) is 12.3 Å². The van der Waals surface area contributed by atoms with E-state index >= 15 is 0 Å². The molecule has 1 aliphatic carbocycles. The van der Waals surface area contributed by atoms with Crippen molar-refractivity contribution in [2.45, 2.75) is 63.6 Å². The summed E-state index contributed by atoms with van der Waals surface area (Å²) in [4.78, 5) is 8.89. The van der Waals surface area contributed by atoms with Gasteiger partial charge in [0.2, 0.25) is 0 Å². The number of nitrogens with zero attached hydrogens (tertiary/aromatic N) is 4. The number of fused-ring (bicyclic) bond motifs is 1. The molecule has 1 saturated carbocycles. The largest absolute Gasteiger partial charge is 0.321 e. The van der Waals surface area contributed by atoms with E-state index < -0.39 is 10.0 Å². The van der Waals surface area contributed by atoms with E-state index in [0.29, 0.717) is 5.56 Å². The Hall–Kier alpha value is -2.76. The highest BCUT2D eigenvalue weighted by atomic mass is 32.2. The SMILES string of the molecule is CCc1cnc2c(c1)c(C#N)c(-c1ccc(S(=O)(=O)NC(C)C)nc1)n2C1CCC1. The van der Waals surface area contributed by atoms with E-state index in [-0.39, 0.29) is 17.1 Å². The Morgan fingerprint density at radius 3 is 2.57 bits per heavy atom. The van der Waals surface area contributed by atoms with Crippen molar-refractivity contribution in [1.82, 2.24) is 19.3 Å². The highest BCUT2D eigenvalue weighted by Crippen LogP contribution is 2.42. The fourth-order valence-electron chi connectivity index (χ4n) is 3.87. The Labute approximate surface area is 176 Å². The summed E-state index contributed by atoms with van der Waals surface area (Å²) in [5.74, 6) is 0. The Balaban J connectivity index is 1.89. The van der Waals surface area contributed by atoms with Crippen LogP contribution in [0.5, 0.6) is 0 Å². The molecule has 4 rings (SSSR count). The summed E-state index contributed by atoms with van der Waals surface area (Å²) < 4.78 is 29.5. The molecule has 1 fully saturated rings. The van der Waals surface area contributed by atoms with E-state index in [1.165, 1.54) is 6.07 Å². The van der Waals surface area contributed by atoms with Crippen molar-refractivity contribution < 1.29 is 8.42 Å². The van der Waals surface area contributed by atoms with Gasteiger partial charge in [-0.3, -0.25) is 0 Å². The summed E-state index contributed by atoms with van der Waals surface area (Å²) in [7, 11) is -3.67. The van der Waals surface area contributed by atoms with Gasteiger partial charge in [0.05, 0.1) is 11.3 Å². The van der Waals surface area contributed by atoms with Crippen molar-refractivity contribution in [1.29, 1.82) is 5.26 Å². The number of aromatic nitrogens is 3. The minimum atomic E-state index is -3.67. The van der Waals surface area contributed by atoms with E-state index in [2.05, 4.69) is 32.3 Å². The molecular weight excluding hydrogens is 398 g/mol. The van der Waals surface area contributed by atoms with Crippen LogP contribution in [-0.2, 0) is 16.4 Å². The molecule has 0 bridgehead atoms. The normalized spacial score (nSPS) is 14.8. The van der Waals surface area contributed by atoms with Crippen LogP contribution in [0.15, 0.2) is 35.6 Å². The highest BCUT2D eigenvalue weighted by Gasteiger charge is 2.29. The number of nitriles is 1. The van der Waals surface area contributed by atoms with E-state index in [1.54, 1.807) is 26.1 Å². The number of hydrogen-bond acceptors (Lipinski definition) is 5. The molecule has 1 N–H and O–H groups in total. The van der Waals surface area contributed by atoms with Crippen LogP contribution in [0.25, 0.3) is 22.3 Å². The lowest BCUT2D eigenvalue weighted by Crippen LogP contribution is -2.30. The van der Waals surface area contributed by atoms with Crippen molar-refractivity contribution in [2.75, 3.05) is 0 Å². The Bertz CT molecular complexity index is 1230. The van der Waals surface area contributed by atoms with Crippen LogP contribution in [0.3, 0.4) is 0 Å². The quantitative estimate of drug-likeness (QED) is 0.647. The molecular formula is C22H25N5O2S. The molecule has 0 atom stereocenters. The molecule has 8 heteroatoms. The molecule has 0 saturated heterocycles. The second-order valence-corrected chi connectivity index (χ2v) is 9.68. The van der Waals surface area contributed by atoms with Gasteiger partial charge in [-0.2, -0.15) is 5.26 Å². The molecule has 3 aromatic heterocycles. The van der Waals surface area contributed by atoms with Gasteiger partial charge in [0.15, 0.2) is 5.03 Å². The minimum absolute atomic E-state index is 0.0313. The lowest BCUT2D eigenvalue weighted by Gasteiger charge is -2.29. The molecule has 3 aromatic rings. The van der Waals surface area contributed by atoms with Crippen LogP contribution in [0, 0.1) is 11.3 Å². The summed E-state index contributed by atoms with van der Waals surface area (Å²) in [6, 6.07) is 7.69. The summed E-state index contributed by atoms with van der Waals surface area (Å²) in [5.41, 5.74) is 3.94. The predicted octanol–water partition coefficient (Wildman–Crippen LogP) is 3.94. The average Bonchev–Trinajstić information content (AvgIpc) is 2.99. The molecule has 0 radical (unpaired) electrons. The molecule has 0 unspecified atom stereocenters. The number of nitrogens with one attached hydrogen (secondary N) is 1. The minimum Gasteiger partial charge on any atom is -0.321 e. The van der Waals surface area contributed by atoms with Gasteiger partial charge in [-0.15, -0.1) is 0 Å². The molecule has 0 aliphatic heterocycles. The first-order chi connectivity index (χ1) is 14.4. The lowest BCUT2D eigenvalue weighted by molar-refractivity contribution is 0.323. The summed E-state index contributed by atoms with van der Waals surface area (Å²) >= 11 is 0. The third-order valence-electron chi connectivity index (χ3n) is 5.53. The predicted molar refractivity (Wildman–Crippen MR) is 115 cm³/mol. The molecule has 1 aliphatic rings. The van der Waals surface area contributed by atoms with Crippen molar-refractivity contribution in [3.05, 3.63) is 41.7 Å². The van der Waals surface area contributed by atoms with Crippen molar-refractivity contribution in [2.24, 2.45) is 0 Å². The molecule has 0 aromatic carbocycles. The molecule has 0 amide bonds. The third-order valence-corrected chi connectivity index (χ3v) is 7.11. The monoisotopic (exact) mass is 423 g/mol. The maximum absolute atomic E-state index is 12.4. The van der Waals surface area contributed by atoms with Crippen LogP contribution < -0.4 is 4.72 Å². The number of pyridine rings is 2. The summed E-state index contributed by atoms with van der Waals surface area (Å²) in [6.45, 7) is 5.59. The zero-order valence-electron chi connectivity index (χ0n) is 17.4. The fourth-order valence-corrected chi connectivity index (χ4v) is 5.05. The van der Waals surface area contributed by atoms with E-state index in [0.717, 1.165) is 53.5 Å². The smallest absolute Gasteiger partial charge is 0.258 e. The van der Waals surface area contributed by atoms with Gasteiger partial charge < -0.3 is 4.57 Å². The number of hydrogen-bond donors (Lipinski definition) is 1. The molecule has 30 heavy (non-hydrogen) atoms. The maximum atomic E-state index is 12.4. The van der Waals surface area contributed by atoms with Gasteiger partial charge in [0.1, 0.15) is 11.7 Å². The summed E-state index contributed by atoms with van der Waals surface area (Å²) in [5, 5.41) is 10.8. The van der Waals surface area contributed by atoms with Gasteiger partial charge in [0.25, 0.3) is 10.0 Å². The first-order valence-corrected chi connectivity index (χ1v) is 11.8. The van der Waals surface area contributed by atoms with Crippen molar-refractivity contribution >= 4 is 21.1 Å². The highest BCUT2D eigenvalue weighted by molar-refractivity contribution is 7.89. The first-order valence-electron chi connectivity index (χ1n) is 10.3. The maximum Gasteiger partial charge on any atom is 0.258 e. The average molecular weight is 424 g/mol. The zero-order chi connectivity index (χ0) is 21.5. The molecule has 7 nitrogen and oxygen atoms in total. The van der Waals surface area contributed by atoms with Crippen LogP contribution in [0.4, 0.5) is 0 Å². The van der Waals surface area contributed by atoms with Crippen LogP contribution >= 0.6 is 0 Å². The van der Waals surface area contributed by atoms with Gasteiger partial charge in [-0.25, -0.2) is 23.1 Å². The van der Waals surface area contributed by atoms with Gasteiger partial charge in [-0.05, 0) is 63.3 Å². The van der Waals surface area contributed by atoms with Gasteiger partial charge in [0, 0.05) is 35.4 Å². The van der Waals surface area contributed by atoms with Crippen molar-refractivity contribution in [3.63, 3.8) is 0 Å². The second-order valence-electron chi connectivity index (χ2n) is 8.02. The van der Waals surface area contributed by atoms with Gasteiger partial charge >= 0.3 is 0 Å². The number of rotatable bonds is 6. The van der Waals surface area contributed by atoms with Crippen molar-refractivity contribution in [3.8, 4) is 17.3 Å².